The van der Waals surface area contributed by atoms with E-state index in [1.165, 1.54) is 12.1 Å². The molecular weight excluding hydrogens is 308 g/mol. The maximum atomic E-state index is 12.0. The van der Waals surface area contributed by atoms with Gasteiger partial charge in [-0.2, -0.15) is 5.26 Å². The van der Waals surface area contributed by atoms with Crippen LogP contribution in [0.15, 0.2) is 42.5 Å². The molecular formula is C15H9ClN2O4. The van der Waals surface area contributed by atoms with Gasteiger partial charge in [0.1, 0.15) is 5.75 Å². The summed E-state index contributed by atoms with van der Waals surface area (Å²) in [6.45, 7) is 0. The van der Waals surface area contributed by atoms with E-state index in [1.54, 1.807) is 24.3 Å². The molecule has 2 aromatic carbocycles. The Kier molecular flexibility index (Phi) is 4.71. The van der Waals surface area contributed by atoms with Gasteiger partial charge in [0.15, 0.2) is 0 Å². The van der Waals surface area contributed by atoms with Crippen LogP contribution >= 0.6 is 11.6 Å². The highest BCUT2D eigenvalue weighted by molar-refractivity contribution is 6.33. The van der Waals surface area contributed by atoms with E-state index < -0.39 is 10.9 Å². The standard InChI is InChI=1S/C15H9ClN2O4/c16-14-9-11(18(20)21)3-6-13(14)15(19)22-12-4-1-10(2-5-12)7-8-17/h1-6,9H,7H2. The average molecular weight is 317 g/mol. The minimum Gasteiger partial charge on any atom is -0.423 e. The molecule has 0 heterocycles. The van der Waals surface area contributed by atoms with Crippen LogP contribution in [0.25, 0.3) is 0 Å². The Morgan fingerprint density at radius 1 is 1.27 bits per heavy atom. The monoisotopic (exact) mass is 316 g/mol. The van der Waals surface area contributed by atoms with E-state index in [4.69, 9.17) is 21.6 Å². The number of rotatable bonds is 4. The van der Waals surface area contributed by atoms with Gasteiger partial charge < -0.3 is 4.74 Å². The molecule has 0 saturated heterocycles. The summed E-state index contributed by atoms with van der Waals surface area (Å²) in [7, 11) is 0. The first-order valence-electron chi connectivity index (χ1n) is 6.13. The highest BCUT2D eigenvalue weighted by atomic mass is 35.5. The number of nitro benzene ring substituents is 1. The summed E-state index contributed by atoms with van der Waals surface area (Å²) in [5, 5.41) is 19.1. The fourth-order valence-corrected chi connectivity index (χ4v) is 1.96. The summed E-state index contributed by atoms with van der Waals surface area (Å²) >= 11 is 5.86. The maximum Gasteiger partial charge on any atom is 0.345 e. The smallest absolute Gasteiger partial charge is 0.345 e. The largest absolute Gasteiger partial charge is 0.423 e. The molecule has 0 aliphatic rings. The lowest BCUT2D eigenvalue weighted by Gasteiger charge is -2.06. The van der Waals surface area contributed by atoms with E-state index in [0.29, 0.717) is 5.75 Å². The molecule has 0 aliphatic carbocycles. The first kappa shape index (κ1) is 15.5. The molecule has 0 N–H and O–H groups in total. The Balaban J connectivity index is 2.15. The zero-order valence-corrected chi connectivity index (χ0v) is 11.9. The van der Waals surface area contributed by atoms with Crippen LogP contribution in [-0.4, -0.2) is 10.9 Å². The van der Waals surface area contributed by atoms with Crippen LogP contribution in [-0.2, 0) is 6.42 Å². The average Bonchev–Trinajstić information content (AvgIpc) is 2.49. The number of benzene rings is 2. The van der Waals surface area contributed by atoms with Crippen LogP contribution in [0.5, 0.6) is 5.75 Å². The van der Waals surface area contributed by atoms with Gasteiger partial charge in [-0.05, 0) is 23.8 Å². The molecule has 0 unspecified atom stereocenters. The van der Waals surface area contributed by atoms with Gasteiger partial charge in [0, 0.05) is 12.1 Å². The first-order chi connectivity index (χ1) is 10.5. The van der Waals surface area contributed by atoms with E-state index in [0.717, 1.165) is 11.6 Å². The Hall–Kier alpha value is -2.91. The number of carbonyl (C=O) groups excluding carboxylic acids is 1. The second-order valence-corrected chi connectivity index (χ2v) is 4.70. The molecule has 2 aromatic rings. The maximum absolute atomic E-state index is 12.0. The lowest BCUT2D eigenvalue weighted by Crippen LogP contribution is -2.09. The number of hydrogen-bond donors (Lipinski definition) is 0. The minimum atomic E-state index is -0.715. The second-order valence-electron chi connectivity index (χ2n) is 4.29. The first-order valence-corrected chi connectivity index (χ1v) is 6.51. The summed E-state index contributed by atoms with van der Waals surface area (Å²) in [4.78, 5) is 22.0. The van der Waals surface area contributed by atoms with Crippen LogP contribution in [0.2, 0.25) is 5.02 Å². The normalized spacial score (nSPS) is 9.82. The molecule has 0 bridgehead atoms. The van der Waals surface area contributed by atoms with Crippen LogP contribution in [0, 0.1) is 21.4 Å². The Labute approximate surface area is 130 Å². The topological polar surface area (TPSA) is 93.2 Å². The van der Waals surface area contributed by atoms with Crippen LogP contribution in [0.4, 0.5) is 5.69 Å². The van der Waals surface area contributed by atoms with E-state index in [2.05, 4.69) is 0 Å². The molecule has 0 aromatic heterocycles. The van der Waals surface area contributed by atoms with Gasteiger partial charge in [-0.25, -0.2) is 4.79 Å². The van der Waals surface area contributed by atoms with Crippen molar-refractivity contribution in [1.29, 1.82) is 5.26 Å². The van der Waals surface area contributed by atoms with E-state index in [1.807, 2.05) is 6.07 Å². The highest BCUT2D eigenvalue weighted by Crippen LogP contribution is 2.24. The molecule has 0 saturated carbocycles. The van der Waals surface area contributed by atoms with Crippen molar-refractivity contribution in [3.63, 3.8) is 0 Å². The number of nitriles is 1. The molecule has 0 fully saturated rings. The van der Waals surface area contributed by atoms with Crippen LogP contribution in [0.3, 0.4) is 0 Å². The van der Waals surface area contributed by atoms with Crippen LogP contribution in [0.1, 0.15) is 15.9 Å². The van der Waals surface area contributed by atoms with Crippen molar-refractivity contribution in [2.24, 2.45) is 0 Å². The van der Waals surface area contributed by atoms with Crippen molar-refractivity contribution in [2.45, 2.75) is 6.42 Å². The number of carbonyl (C=O) groups is 1. The zero-order valence-electron chi connectivity index (χ0n) is 11.2. The lowest BCUT2D eigenvalue weighted by molar-refractivity contribution is -0.384. The number of esters is 1. The van der Waals surface area contributed by atoms with Crippen molar-refractivity contribution >= 4 is 23.3 Å². The van der Waals surface area contributed by atoms with Gasteiger partial charge in [0.2, 0.25) is 0 Å². The van der Waals surface area contributed by atoms with Crippen molar-refractivity contribution in [3.8, 4) is 11.8 Å². The van der Waals surface area contributed by atoms with Gasteiger partial charge in [-0.1, -0.05) is 23.7 Å². The summed E-state index contributed by atoms with van der Waals surface area (Å²) in [6, 6.07) is 12.0. The summed E-state index contributed by atoms with van der Waals surface area (Å²) in [6.07, 6.45) is 0.266. The number of halogens is 1. The molecule has 6 nitrogen and oxygen atoms in total. The summed E-state index contributed by atoms with van der Waals surface area (Å²) < 4.78 is 5.14. The van der Waals surface area contributed by atoms with Gasteiger partial charge >= 0.3 is 5.97 Å². The molecule has 0 radical (unpaired) electrons. The second kappa shape index (κ2) is 6.70. The predicted octanol–water partition coefficient (Wildman–Crippen LogP) is 3.53. The fraction of sp³-hybridized carbons (Fsp3) is 0.0667. The van der Waals surface area contributed by atoms with Crippen molar-refractivity contribution in [3.05, 3.63) is 68.7 Å². The van der Waals surface area contributed by atoms with Gasteiger partial charge in [0.05, 0.1) is 28.0 Å². The number of nitrogens with zero attached hydrogens (tertiary/aromatic N) is 2. The van der Waals surface area contributed by atoms with Crippen molar-refractivity contribution in [1.82, 2.24) is 0 Å². The Bertz CT molecular complexity index is 766. The van der Waals surface area contributed by atoms with E-state index in [-0.39, 0.29) is 22.7 Å². The number of ether oxygens (including phenoxy) is 1. The zero-order chi connectivity index (χ0) is 16.1. The minimum absolute atomic E-state index is 0.0355. The highest BCUT2D eigenvalue weighted by Gasteiger charge is 2.16. The van der Waals surface area contributed by atoms with E-state index in [9.17, 15) is 14.9 Å². The third-order valence-corrected chi connectivity index (χ3v) is 3.11. The molecule has 0 spiro atoms. The Morgan fingerprint density at radius 2 is 1.95 bits per heavy atom. The molecule has 0 amide bonds. The van der Waals surface area contributed by atoms with Crippen LogP contribution < -0.4 is 4.74 Å². The lowest BCUT2D eigenvalue weighted by atomic mass is 10.1. The predicted molar refractivity (Wildman–Crippen MR) is 78.8 cm³/mol. The third-order valence-electron chi connectivity index (χ3n) is 2.80. The quantitative estimate of drug-likeness (QED) is 0.372. The summed E-state index contributed by atoms with van der Waals surface area (Å²) in [5.74, 6) is -0.422. The number of nitro groups is 1. The Morgan fingerprint density at radius 3 is 2.50 bits per heavy atom. The van der Waals surface area contributed by atoms with Gasteiger partial charge in [-0.3, -0.25) is 10.1 Å². The van der Waals surface area contributed by atoms with E-state index >= 15 is 0 Å². The number of hydrogen-bond acceptors (Lipinski definition) is 5. The molecule has 0 atom stereocenters. The molecule has 22 heavy (non-hydrogen) atoms. The molecule has 0 aliphatic heterocycles. The summed E-state index contributed by atoms with van der Waals surface area (Å²) in [5.41, 5.74) is 0.631. The SMILES string of the molecule is N#CCc1ccc(OC(=O)c2ccc([N+](=O)[O-])cc2Cl)cc1. The van der Waals surface area contributed by atoms with Crippen molar-refractivity contribution in [2.75, 3.05) is 0 Å². The molecule has 7 heteroatoms. The molecule has 110 valence electrons. The molecule has 2 rings (SSSR count). The third kappa shape index (κ3) is 3.59. The van der Waals surface area contributed by atoms with Crippen molar-refractivity contribution < 1.29 is 14.5 Å². The van der Waals surface area contributed by atoms with Gasteiger partial charge in [-0.15, -0.1) is 0 Å². The van der Waals surface area contributed by atoms with Gasteiger partial charge in [0.25, 0.3) is 5.69 Å². The number of non-ortho nitro benzene ring substituents is 1. The fourth-order valence-electron chi connectivity index (χ4n) is 1.71.